The standard InChI is InChI=1S/C16H18BrFN2/c1-3-19-16(14-5-4-8-20-11(14)2)10-12-9-13(18)6-7-15(12)17/h4-9,16,19H,3,10H2,1-2H3. The second-order valence-electron chi connectivity index (χ2n) is 4.73. The van der Waals surface area contributed by atoms with Crippen LogP contribution < -0.4 is 5.32 Å². The number of rotatable bonds is 5. The quantitative estimate of drug-likeness (QED) is 0.885. The Bertz CT molecular complexity index is 586. The van der Waals surface area contributed by atoms with E-state index in [0.717, 1.165) is 34.3 Å². The Morgan fingerprint density at radius 1 is 1.35 bits per heavy atom. The Morgan fingerprint density at radius 2 is 2.15 bits per heavy atom. The van der Waals surface area contributed by atoms with Gasteiger partial charge in [0.15, 0.2) is 0 Å². The van der Waals surface area contributed by atoms with E-state index in [4.69, 9.17) is 0 Å². The molecule has 20 heavy (non-hydrogen) atoms. The Morgan fingerprint density at radius 3 is 2.85 bits per heavy atom. The van der Waals surface area contributed by atoms with Gasteiger partial charge in [0.2, 0.25) is 0 Å². The molecule has 0 saturated carbocycles. The zero-order chi connectivity index (χ0) is 14.5. The number of halogens is 2. The molecule has 0 saturated heterocycles. The molecule has 0 aliphatic heterocycles. The molecule has 2 nitrogen and oxygen atoms in total. The minimum absolute atomic E-state index is 0.131. The van der Waals surface area contributed by atoms with Gasteiger partial charge in [0.1, 0.15) is 5.82 Å². The number of nitrogens with zero attached hydrogens (tertiary/aromatic N) is 1. The highest BCUT2D eigenvalue weighted by molar-refractivity contribution is 9.10. The van der Waals surface area contributed by atoms with Crippen molar-refractivity contribution in [2.75, 3.05) is 6.54 Å². The van der Waals surface area contributed by atoms with Gasteiger partial charge >= 0.3 is 0 Å². The van der Waals surface area contributed by atoms with E-state index in [1.807, 2.05) is 13.0 Å². The fraction of sp³-hybridized carbons (Fsp3) is 0.312. The van der Waals surface area contributed by atoms with Crippen LogP contribution in [0.15, 0.2) is 41.0 Å². The zero-order valence-corrected chi connectivity index (χ0v) is 13.2. The molecule has 0 amide bonds. The van der Waals surface area contributed by atoms with E-state index in [1.54, 1.807) is 18.3 Å². The first kappa shape index (κ1) is 15.1. The average molecular weight is 337 g/mol. The van der Waals surface area contributed by atoms with Crippen molar-refractivity contribution in [2.24, 2.45) is 0 Å². The number of likely N-dealkylation sites (N-methyl/N-ethyl adjacent to an activating group) is 1. The smallest absolute Gasteiger partial charge is 0.123 e. The van der Waals surface area contributed by atoms with Crippen LogP contribution in [0.5, 0.6) is 0 Å². The Hall–Kier alpha value is -1.26. The van der Waals surface area contributed by atoms with Crippen molar-refractivity contribution < 1.29 is 4.39 Å². The van der Waals surface area contributed by atoms with E-state index in [1.165, 1.54) is 6.07 Å². The van der Waals surface area contributed by atoms with Crippen LogP contribution in [0.1, 0.15) is 29.8 Å². The van der Waals surface area contributed by atoms with Gasteiger partial charge in [-0.3, -0.25) is 4.98 Å². The third-order valence-electron chi connectivity index (χ3n) is 3.31. The summed E-state index contributed by atoms with van der Waals surface area (Å²) in [5, 5.41) is 3.45. The first-order valence-corrected chi connectivity index (χ1v) is 7.50. The highest BCUT2D eigenvalue weighted by Crippen LogP contribution is 2.25. The predicted octanol–water partition coefficient (Wildman–Crippen LogP) is 4.18. The van der Waals surface area contributed by atoms with Gasteiger partial charge in [-0.05, 0) is 55.3 Å². The van der Waals surface area contributed by atoms with Gasteiger partial charge in [0.25, 0.3) is 0 Å². The van der Waals surface area contributed by atoms with Gasteiger partial charge in [-0.1, -0.05) is 28.9 Å². The fourth-order valence-electron chi connectivity index (χ4n) is 2.32. The van der Waals surface area contributed by atoms with Gasteiger partial charge < -0.3 is 5.32 Å². The maximum Gasteiger partial charge on any atom is 0.123 e. The zero-order valence-electron chi connectivity index (χ0n) is 11.7. The monoisotopic (exact) mass is 336 g/mol. The topological polar surface area (TPSA) is 24.9 Å². The van der Waals surface area contributed by atoms with Gasteiger partial charge in [-0.15, -0.1) is 0 Å². The number of aryl methyl sites for hydroxylation is 1. The molecule has 2 aromatic rings. The largest absolute Gasteiger partial charge is 0.310 e. The Balaban J connectivity index is 2.30. The van der Waals surface area contributed by atoms with Gasteiger partial charge in [-0.25, -0.2) is 4.39 Å². The summed E-state index contributed by atoms with van der Waals surface area (Å²) in [5.41, 5.74) is 3.12. The molecule has 0 aliphatic carbocycles. The first-order valence-electron chi connectivity index (χ1n) is 6.70. The SMILES string of the molecule is CCNC(Cc1cc(F)ccc1Br)c1cccnc1C. The second-order valence-corrected chi connectivity index (χ2v) is 5.58. The molecule has 0 bridgehead atoms. The maximum absolute atomic E-state index is 13.4. The minimum Gasteiger partial charge on any atom is -0.310 e. The molecule has 1 aromatic heterocycles. The summed E-state index contributed by atoms with van der Waals surface area (Å²) >= 11 is 3.49. The second kappa shape index (κ2) is 6.95. The van der Waals surface area contributed by atoms with Crippen molar-refractivity contribution in [2.45, 2.75) is 26.3 Å². The predicted molar refractivity (Wildman–Crippen MR) is 83.2 cm³/mol. The van der Waals surface area contributed by atoms with E-state index in [9.17, 15) is 4.39 Å². The first-order chi connectivity index (χ1) is 9.61. The summed E-state index contributed by atoms with van der Waals surface area (Å²) in [6.07, 6.45) is 2.51. The number of pyridine rings is 1. The van der Waals surface area contributed by atoms with E-state index >= 15 is 0 Å². The molecule has 0 fully saturated rings. The molecule has 0 radical (unpaired) electrons. The third kappa shape index (κ3) is 3.64. The lowest BCUT2D eigenvalue weighted by Crippen LogP contribution is -2.24. The van der Waals surface area contributed by atoms with Crippen LogP contribution in [-0.2, 0) is 6.42 Å². The van der Waals surface area contributed by atoms with Crippen molar-refractivity contribution in [1.29, 1.82) is 0 Å². The van der Waals surface area contributed by atoms with Crippen LogP contribution in [-0.4, -0.2) is 11.5 Å². The van der Waals surface area contributed by atoms with Crippen LogP contribution in [0.4, 0.5) is 4.39 Å². The molecule has 1 aromatic carbocycles. The van der Waals surface area contributed by atoms with Crippen molar-refractivity contribution in [3.05, 3.63) is 63.6 Å². The van der Waals surface area contributed by atoms with Crippen LogP contribution in [0.2, 0.25) is 0 Å². The van der Waals surface area contributed by atoms with Crippen molar-refractivity contribution in [3.8, 4) is 0 Å². The molecule has 106 valence electrons. The molecular weight excluding hydrogens is 319 g/mol. The van der Waals surface area contributed by atoms with Crippen LogP contribution in [0.25, 0.3) is 0 Å². The van der Waals surface area contributed by atoms with E-state index in [2.05, 4.69) is 39.2 Å². The molecule has 1 N–H and O–H groups in total. The average Bonchev–Trinajstić information content (AvgIpc) is 2.43. The van der Waals surface area contributed by atoms with Gasteiger partial charge in [0, 0.05) is 22.4 Å². The third-order valence-corrected chi connectivity index (χ3v) is 4.08. The van der Waals surface area contributed by atoms with Crippen molar-refractivity contribution >= 4 is 15.9 Å². The van der Waals surface area contributed by atoms with Crippen molar-refractivity contribution in [1.82, 2.24) is 10.3 Å². The molecule has 1 atom stereocenters. The normalized spacial score (nSPS) is 12.4. The summed E-state index contributed by atoms with van der Waals surface area (Å²) in [7, 11) is 0. The maximum atomic E-state index is 13.4. The summed E-state index contributed by atoms with van der Waals surface area (Å²) < 4.78 is 14.3. The van der Waals surface area contributed by atoms with Gasteiger partial charge in [-0.2, -0.15) is 0 Å². The molecule has 4 heteroatoms. The molecule has 1 unspecified atom stereocenters. The number of nitrogens with one attached hydrogen (secondary N) is 1. The molecule has 0 spiro atoms. The lowest BCUT2D eigenvalue weighted by Gasteiger charge is -2.20. The number of hydrogen-bond donors (Lipinski definition) is 1. The van der Waals surface area contributed by atoms with E-state index in [-0.39, 0.29) is 11.9 Å². The lowest BCUT2D eigenvalue weighted by molar-refractivity contribution is 0.541. The highest BCUT2D eigenvalue weighted by Gasteiger charge is 2.15. The lowest BCUT2D eigenvalue weighted by atomic mass is 9.98. The summed E-state index contributed by atoms with van der Waals surface area (Å²) in [5.74, 6) is -0.207. The molecule has 1 heterocycles. The van der Waals surface area contributed by atoms with Crippen molar-refractivity contribution in [3.63, 3.8) is 0 Å². The number of hydrogen-bond acceptors (Lipinski definition) is 2. The number of aromatic nitrogens is 1. The minimum atomic E-state index is -0.207. The molecular formula is C16H18BrFN2. The Kier molecular flexibility index (Phi) is 5.26. The van der Waals surface area contributed by atoms with Crippen LogP contribution in [0, 0.1) is 12.7 Å². The summed E-state index contributed by atoms with van der Waals surface area (Å²) in [6.45, 7) is 4.92. The fourth-order valence-corrected chi connectivity index (χ4v) is 2.73. The summed E-state index contributed by atoms with van der Waals surface area (Å²) in [4.78, 5) is 4.34. The van der Waals surface area contributed by atoms with E-state index < -0.39 is 0 Å². The van der Waals surface area contributed by atoms with Crippen LogP contribution in [0.3, 0.4) is 0 Å². The van der Waals surface area contributed by atoms with Crippen LogP contribution >= 0.6 is 15.9 Å². The molecule has 2 rings (SSSR count). The Labute approximate surface area is 127 Å². The molecule has 0 aliphatic rings. The number of benzene rings is 1. The van der Waals surface area contributed by atoms with Gasteiger partial charge in [0.05, 0.1) is 0 Å². The van der Waals surface area contributed by atoms with E-state index in [0.29, 0.717) is 0 Å². The summed E-state index contributed by atoms with van der Waals surface area (Å²) in [6, 6.07) is 8.94. The highest BCUT2D eigenvalue weighted by atomic mass is 79.9.